The van der Waals surface area contributed by atoms with Gasteiger partial charge in [0.15, 0.2) is 0 Å². The van der Waals surface area contributed by atoms with Gasteiger partial charge in [-0.2, -0.15) is 0 Å². The van der Waals surface area contributed by atoms with Crippen molar-refractivity contribution in [1.82, 2.24) is 0 Å². The first-order valence-electron chi connectivity index (χ1n) is 8.72. The maximum absolute atomic E-state index is 12.8. The highest BCUT2D eigenvalue weighted by Crippen LogP contribution is 2.55. The minimum absolute atomic E-state index is 0.00340. The van der Waals surface area contributed by atoms with Crippen LogP contribution < -0.4 is 4.74 Å². The topological polar surface area (TPSA) is 54.0 Å². The second-order valence-corrected chi connectivity index (χ2v) is 8.49. The summed E-state index contributed by atoms with van der Waals surface area (Å²) in [6.45, 7) is 3.45. The first-order chi connectivity index (χ1) is 11.9. The number of halogens is 1. The highest BCUT2D eigenvalue weighted by molar-refractivity contribution is 9.10. The molecule has 0 aromatic heterocycles. The summed E-state index contributed by atoms with van der Waals surface area (Å²) in [5.41, 5.74) is 1.49. The summed E-state index contributed by atoms with van der Waals surface area (Å²) in [5, 5.41) is 0. The lowest BCUT2D eigenvalue weighted by molar-refractivity contribution is -0.243. The second kappa shape index (κ2) is 5.16. The van der Waals surface area contributed by atoms with Crippen LogP contribution in [0, 0.1) is 5.92 Å². The lowest BCUT2D eigenvalue weighted by Crippen LogP contribution is -2.53. The van der Waals surface area contributed by atoms with Gasteiger partial charge in [0.25, 0.3) is 11.7 Å². The normalized spacial score (nSPS) is 34.4. The fourth-order valence-electron chi connectivity index (χ4n) is 4.58. The van der Waals surface area contributed by atoms with Crippen LogP contribution in [-0.2, 0) is 19.0 Å². The van der Waals surface area contributed by atoms with E-state index in [1.54, 1.807) is 13.8 Å². The fraction of sp³-hybridized carbons (Fsp3) is 0.526. The van der Waals surface area contributed by atoms with E-state index in [1.165, 1.54) is 0 Å². The number of hydrogen-bond acceptors (Lipinski definition) is 5. The Hall–Kier alpha value is -1.69. The molecule has 1 fully saturated rings. The number of carbonyl (C=O) groups is 1. The first-order valence-corrected chi connectivity index (χ1v) is 9.51. The molecule has 0 bridgehead atoms. The molecule has 1 saturated carbocycles. The molecule has 25 heavy (non-hydrogen) atoms. The van der Waals surface area contributed by atoms with Gasteiger partial charge in [-0.3, -0.25) is 0 Å². The van der Waals surface area contributed by atoms with Crippen LogP contribution in [0.1, 0.15) is 44.6 Å². The number of carbonyl (C=O) groups excluding carboxylic acids is 1. The van der Waals surface area contributed by atoms with Crippen LogP contribution in [0.5, 0.6) is 5.75 Å². The molecule has 1 aromatic rings. The molecule has 5 nitrogen and oxygen atoms in total. The van der Waals surface area contributed by atoms with E-state index in [0.717, 1.165) is 35.0 Å². The van der Waals surface area contributed by atoms with Gasteiger partial charge in [-0.25, -0.2) is 4.79 Å². The van der Waals surface area contributed by atoms with Gasteiger partial charge in [-0.1, -0.05) is 15.9 Å². The monoisotopic (exact) mass is 406 g/mol. The van der Waals surface area contributed by atoms with Gasteiger partial charge in [0, 0.05) is 35.7 Å². The smallest absolute Gasteiger partial charge is 0.345 e. The van der Waals surface area contributed by atoms with E-state index < -0.39 is 5.79 Å². The predicted octanol–water partition coefficient (Wildman–Crippen LogP) is 4.01. The Morgan fingerprint density at radius 2 is 1.88 bits per heavy atom. The van der Waals surface area contributed by atoms with E-state index >= 15 is 0 Å². The fourth-order valence-corrected chi connectivity index (χ4v) is 4.96. The van der Waals surface area contributed by atoms with Crippen molar-refractivity contribution >= 4 is 21.9 Å². The van der Waals surface area contributed by atoms with Crippen LogP contribution in [-0.4, -0.2) is 24.0 Å². The van der Waals surface area contributed by atoms with E-state index in [2.05, 4.69) is 15.9 Å². The number of cyclic esters (lactones) is 1. The molecule has 132 valence electrons. The van der Waals surface area contributed by atoms with Gasteiger partial charge in [0.1, 0.15) is 23.5 Å². The molecule has 1 aliphatic carbocycles. The molecular formula is C19H19BrO5. The summed E-state index contributed by atoms with van der Waals surface area (Å²) in [5.74, 6) is -0.216. The summed E-state index contributed by atoms with van der Waals surface area (Å²) in [6.07, 6.45) is 3.01. The molecule has 0 N–H and O–H groups in total. The number of rotatable bonds is 0. The lowest BCUT2D eigenvalue weighted by atomic mass is 9.67. The number of fused-ring (bicyclic) bond motifs is 3. The molecule has 1 aromatic carbocycles. The Morgan fingerprint density at radius 3 is 2.68 bits per heavy atom. The van der Waals surface area contributed by atoms with Crippen LogP contribution >= 0.6 is 15.9 Å². The van der Waals surface area contributed by atoms with Crippen molar-refractivity contribution in [3.63, 3.8) is 0 Å². The van der Waals surface area contributed by atoms with Crippen molar-refractivity contribution in [1.29, 1.82) is 0 Å². The molecule has 0 spiro atoms. The van der Waals surface area contributed by atoms with Crippen molar-refractivity contribution in [2.75, 3.05) is 0 Å². The zero-order chi connectivity index (χ0) is 17.3. The van der Waals surface area contributed by atoms with E-state index in [1.807, 2.05) is 18.2 Å². The third-order valence-corrected chi connectivity index (χ3v) is 5.99. The molecular weight excluding hydrogens is 388 g/mol. The van der Waals surface area contributed by atoms with Gasteiger partial charge in [-0.15, -0.1) is 0 Å². The van der Waals surface area contributed by atoms with E-state index in [9.17, 15) is 4.79 Å². The van der Waals surface area contributed by atoms with Crippen LogP contribution in [0.3, 0.4) is 0 Å². The highest BCUT2D eigenvalue weighted by Gasteiger charge is 2.56. The molecule has 5 rings (SSSR count). The predicted molar refractivity (Wildman–Crippen MR) is 91.8 cm³/mol. The van der Waals surface area contributed by atoms with Crippen molar-refractivity contribution < 1.29 is 23.7 Å². The molecule has 0 saturated heterocycles. The van der Waals surface area contributed by atoms with Crippen molar-refractivity contribution in [2.24, 2.45) is 5.92 Å². The van der Waals surface area contributed by atoms with Gasteiger partial charge in [0.2, 0.25) is 0 Å². The Morgan fingerprint density at radius 1 is 1.12 bits per heavy atom. The van der Waals surface area contributed by atoms with Crippen LogP contribution in [0.25, 0.3) is 0 Å². The summed E-state index contributed by atoms with van der Waals surface area (Å²) < 4.78 is 24.8. The highest BCUT2D eigenvalue weighted by atomic mass is 79.9. The van der Waals surface area contributed by atoms with E-state index in [0.29, 0.717) is 11.5 Å². The van der Waals surface area contributed by atoms with Crippen LogP contribution in [0.4, 0.5) is 0 Å². The lowest BCUT2D eigenvalue weighted by Gasteiger charge is -2.50. The van der Waals surface area contributed by atoms with Crippen LogP contribution in [0.2, 0.25) is 0 Å². The Labute approximate surface area is 154 Å². The zero-order valence-corrected chi connectivity index (χ0v) is 15.7. The molecule has 3 heterocycles. The summed E-state index contributed by atoms with van der Waals surface area (Å²) >= 11 is 3.54. The van der Waals surface area contributed by atoms with Gasteiger partial charge >= 0.3 is 5.97 Å². The van der Waals surface area contributed by atoms with Crippen molar-refractivity contribution in [2.45, 2.75) is 57.0 Å². The number of ether oxygens (including phenoxy) is 4. The zero-order valence-electron chi connectivity index (χ0n) is 14.1. The number of hydrogen-bond donors (Lipinski definition) is 0. The molecule has 3 aliphatic heterocycles. The SMILES string of the molecule is CC1(C)OC(=O)C2=C(O[C@H]3CCC[C@H]4Oc5ccc(Br)cc5[C@@H]2[C@@H]34)O1. The third-order valence-electron chi connectivity index (χ3n) is 5.49. The number of benzene rings is 1. The average molecular weight is 407 g/mol. The summed E-state index contributed by atoms with van der Waals surface area (Å²) in [4.78, 5) is 12.8. The van der Waals surface area contributed by atoms with E-state index in [-0.39, 0.29) is 30.0 Å². The second-order valence-electron chi connectivity index (χ2n) is 7.57. The Bertz CT molecular complexity index is 799. The van der Waals surface area contributed by atoms with Crippen molar-refractivity contribution in [3.8, 4) is 5.75 Å². The minimum Gasteiger partial charge on any atom is -0.490 e. The minimum atomic E-state index is -1.01. The first kappa shape index (κ1) is 15.6. The molecule has 0 radical (unpaired) electrons. The molecule has 0 amide bonds. The number of esters is 1. The Balaban J connectivity index is 1.72. The van der Waals surface area contributed by atoms with E-state index in [4.69, 9.17) is 18.9 Å². The maximum atomic E-state index is 12.8. The largest absolute Gasteiger partial charge is 0.490 e. The standard InChI is InChI=1S/C19H19BrO5/c1-19(2)24-17(21)16-14-10-8-9(20)6-7-11(10)22-12-4-3-5-13(15(12)14)23-18(16)25-19/h6-8,12-15H,3-5H2,1-2H3/t12-,13+,14-,15-/m1/s1. The summed E-state index contributed by atoms with van der Waals surface area (Å²) in [7, 11) is 0. The summed E-state index contributed by atoms with van der Waals surface area (Å²) in [6, 6.07) is 5.96. The Kier molecular flexibility index (Phi) is 3.21. The molecule has 4 atom stereocenters. The quantitative estimate of drug-likeness (QED) is 0.609. The van der Waals surface area contributed by atoms with Gasteiger partial charge in [-0.05, 0) is 37.5 Å². The molecule has 0 unspecified atom stereocenters. The maximum Gasteiger partial charge on any atom is 0.345 e. The van der Waals surface area contributed by atoms with Gasteiger partial charge in [0.05, 0.1) is 0 Å². The van der Waals surface area contributed by atoms with Crippen molar-refractivity contribution in [3.05, 3.63) is 39.8 Å². The third kappa shape index (κ3) is 2.30. The average Bonchev–Trinajstić information content (AvgIpc) is 2.53. The molecule has 6 heteroatoms. The molecule has 4 aliphatic rings. The van der Waals surface area contributed by atoms with Gasteiger partial charge < -0.3 is 18.9 Å². The van der Waals surface area contributed by atoms with Crippen LogP contribution in [0.15, 0.2) is 34.2 Å².